The van der Waals surface area contributed by atoms with Crippen LogP contribution in [0.1, 0.15) is 0 Å². The molecule has 0 saturated carbocycles. The minimum Gasteiger partial charge on any atom is -0.254 e. The second-order valence-corrected chi connectivity index (χ2v) is 10.9. The smallest absolute Gasteiger partial charge is 0.0970 e. The Balaban J connectivity index is 1.52. The fourth-order valence-electron chi connectivity index (χ4n) is 6.95. The van der Waals surface area contributed by atoms with Crippen molar-refractivity contribution in [2.45, 2.75) is 0 Å². The van der Waals surface area contributed by atoms with Gasteiger partial charge in [0.25, 0.3) is 0 Å². The lowest BCUT2D eigenvalue weighted by atomic mass is 9.81. The minimum absolute atomic E-state index is 0.928. The Kier molecular flexibility index (Phi) is 4.93. The van der Waals surface area contributed by atoms with Crippen molar-refractivity contribution in [3.05, 3.63) is 146 Å². The monoisotopic (exact) mass is 532 g/mol. The first-order valence-corrected chi connectivity index (χ1v) is 14.3. The first-order chi connectivity index (χ1) is 20.9. The molecule has 0 N–H and O–H groups in total. The normalized spacial score (nSPS) is 11.8. The van der Waals surface area contributed by atoms with Crippen LogP contribution in [0.2, 0.25) is 0 Å². The lowest BCUT2D eigenvalue weighted by Crippen LogP contribution is -1.96. The molecule has 0 radical (unpaired) electrons. The van der Waals surface area contributed by atoms with E-state index in [0.717, 1.165) is 21.8 Å². The van der Waals surface area contributed by atoms with Crippen LogP contribution in [-0.4, -0.2) is 9.97 Å². The molecule has 9 rings (SSSR count). The fourth-order valence-corrected chi connectivity index (χ4v) is 6.95. The number of nitrogens with zero attached hydrogens (tertiary/aromatic N) is 2. The van der Waals surface area contributed by atoms with Gasteiger partial charge in [0.1, 0.15) is 0 Å². The molecule has 0 fully saturated rings. The summed E-state index contributed by atoms with van der Waals surface area (Å²) < 4.78 is 0. The number of pyridine rings is 2. The Morgan fingerprint density at radius 2 is 1.00 bits per heavy atom. The molecule has 0 amide bonds. The van der Waals surface area contributed by atoms with Gasteiger partial charge in [0.05, 0.1) is 11.0 Å². The quantitative estimate of drug-likeness (QED) is 0.212. The van der Waals surface area contributed by atoms with E-state index >= 15 is 0 Å². The van der Waals surface area contributed by atoms with Crippen molar-refractivity contribution in [2.24, 2.45) is 0 Å². The standard InChI is InChI=1S/C40H24N2/c1-3-11-25(12-4-1)32-24-34(33-23-28-17-9-21-41-39(28)40-29(33)20-10-22-42-40)36(27-13-5-2-6-14-27)38-31-19-8-16-26-15-7-18-30(35(26)31)37(32)38/h1-24H. The molecule has 0 unspecified atom stereocenters. The highest BCUT2D eigenvalue weighted by Gasteiger charge is 2.30. The Labute approximate surface area is 243 Å². The largest absolute Gasteiger partial charge is 0.254 e. The molecule has 0 atom stereocenters. The van der Waals surface area contributed by atoms with E-state index in [2.05, 4.69) is 121 Å². The zero-order chi connectivity index (χ0) is 27.6. The molecule has 0 saturated heterocycles. The maximum Gasteiger partial charge on any atom is 0.0970 e. The Morgan fingerprint density at radius 1 is 0.357 bits per heavy atom. The maximum atomic E-state index is 4.85. The molecule has 0 spiro atoms. The number of fused-ring (bicyclic) bond motifs is 6. The molecule has 2 heteroatoms. The van der Waals surface area contributed by atoms with Crippen LogP contribution in [0.5, 0.6) is 0 Å². The molecular weight excluding hydrogens is 508 g/mol. The van der Waals surface area contributed by atoms with Crippen molar-refractivity contribution in [1.29, 1.82) is 0 Å². The molecule has 0 bridgehead atoms. The third-order valence-electron chi connectivity index (χ3n) is 8.67. The van der Waals surface area contributed by atoms with Crippen LogP contribution in [0.15, 0.2) is 146 Å². The van der Waals surface area contributed by atoms with Crippen molar-refractivity contribution in [2.75, 3.05) is 0 Å². The zero-order valence-corrected chi connectivity index (χ0v) is 22.8. The summed E-state index contributed by atoms with van der Waals surface area (Å²) in [6, 6.07) is 48.2. The molecule has 42 heavy (non-hydrogen) atoms. The van der Waals surface area contributed by atoms with Gasteiger partial charge in [0.15, 0.2) is 0 Å². The lowest BCUT2D eigenvalue weighted by Gasteiger charge is -2.22. The van der Waals surface area contributed by atoms with Gasteiger partial charge in [-0.3, -0.25) is 9.97 Å². The predicted molar refractivity (Wildman–Crippen MR) is 175 cm³/mol. The molecule has 2 aromatic heterocycles. The van der Waals surface area contributed by atoms with Gasteiger partial charge in [-0.15, -0.1) is 0 Å². The lowest BCUT2D eigenvalue weighted by molar-refractivity contribution is 1.37. The van der Waals surface area contributed by atoms with Crippen molar-refractivity contribution in [3.8, 4) is 55.6 Å². The number of hydrogen-bond acceptors (Lipinski definition) is 2. The number of rotatable bonds is 3. The van der Waals surface area contributed by atoms with Crippen LogP contribution in [0.4, 0.5) is 0 Å². The Morgan fingerprint density at radius 3 is 1.76 bits per heavy atom. The highest BCUT2D eigenvalue weighted by atomic mass is 14.7. The molecule has 6 aromatic carbocycles. The van der Waals surface area contributed by atoms with E-state index in [1.54, 1.807) is 0 Å². The summed E-state index contributed by atoms with van der Waals surface area (Å²) in [5, 5.41) is 4.79. The summed E-state index contributed by atoms with van der Waals surface area (Å²) in [5.74, 6) is 0. The van der Waals surface area contributed by atoms with E-state index in [9.17, 15) is 0 Å². The average Bonchev–Trinajstić information content (AvgIpc) is 3.40. The fraction of sp³-hybridized carbons (Fsp3) is 0. The molecule has 0 aliphatic heterocycles. The topological polar surface area (TPSA) is 25.8 Å². The zero-order valence-electron chi connectivity index (χ0n) is 22.8. The van der Waals surface area contributed by atoms with Crippen LogP contribution >= 0.6 is 0 Å². The average molecular weight is 533 g/mol. The van der Waals surface area contributed by atoms with Crippen LogP contribution in [0.25, 0.3) is 88.2 Å². The van der Waals surface area contributed by atoms with Crippen molar-refractivity contribution in [1.82, 2.24) is 9.97 Å². The van der Waals surface area contributed by atoms with Gasteiger partial charge in [-0.25, -0.2) is 0 Å². The van der Waals surface area contributed by atoms with Crippen LogP contribution in [0, 0.1) is 0 Å². The Hall–Kier alpha value is -5.60. The number of hydrogen-bond donors (Lipinski definition) is 0. The van der Waals surface area contributed by atoms with E-state index in [-0.39, 0.29) is 0 Å². The molecule has 2 nitrogen and oxygen atoms in total. The summed E-state index contributed by atoms with van der Waals surface area (Å²) in [6.07, 6.45) is 3.72. The van der Waals surface area contributed by atoms with Gasteiger partial charge in [-0.1, -0.05) is 109 Å². The van der Waals surface area contributed by atoms with E-state index in [0.29, 0.717) is 0 Å². The van der Waals surface area contributed by atoms with E-state index in [4.69, 9.17) is 9.97 Å². The SMILES string of the molecule is c1ccc(-c2cc(-c3cc4cccnc4c4ncccc34)c(-c3ccccc3)c3c2-c2cccc4cccc-3c24)cc1. The molecule has 1 aliphatic rings. The maximum absolute atomic E-state index is 4.85. The van der Waals surface area contributed by atoms with Gasteiger partial charge in [-0.2, -0.15) is 0 Å². The van der Waals surface area contributed by atoms with Crippen molar-refractivity contribution < 1.29 is 0 Å². The van der Waals surface area contributed by atoms with Crippen molar-refractivity contribution >= 4 is 32.6 Å². The van der Waals surface area contributed by atoms with Crippen LogP contribution < -0.4 is 0 Å². The summed E-state index contributed by atoms with van der Waals surface area (Å²) in [4.78, 5) is 9.59. The van der Waals surface area contributed by atoms with Gasteiger partial charge < -0.3 is 0 Å². The van der Waals surface area contributed by atoms with Crippen molar-refractivity contribution in [3.63, 3.8) is 0 Å². The highest BCUT2D eigenvalue weighted by molar-refractivity contribution is 6.24. The van der Waals surface area contributed by atoms with E-state index < -0.39 is 0 Å². The van der Waals surface area contributed by atoms with Gasteiger partial charge in [0.2, 0.25) is 0 Å². The van der Waals surface area contributed by atoms with Gasteiger partial charge in [-0.05, 0) is 90.7 Å². The minimum atomic E-state index is 0.928. The molecule has 8 aromatic rings. The third kappa shape index (κ3) is 3.27. The summed E-state index contributed by atoms with van der Waals surface area (Å²) in [5.41, 5.74) is 14.3. The number of benzene rings is 6. The van der Waals surface area contributed by atoms with Gasteiger partial charge in [0, 0.05) is 23.2 Å². The second-order valence-electron chi connectivity index (χ2n) is 10.9. The molecule has 1 aliphatic carbocycles. The molecule has 2 heterocycles. The molecule has 194 valence electrons. The summed E-state index contributed by atoms with van der Waals surface area (Å²) in [7, 11) is 0. The van der Waals surface area contributed by atoms with Crippen LogP contribution in [-0.2, 0) is 0 Å². The first kappa shape index (κ1) is 23.1. The number of aromatic nitrogens is 2. The summed E-state index contributed by atoms with van der Waals surface area (Å²) >= 11 is 0. The second kappa shape index (κ2) is 8.95. The molecular formula is C40H24N2. The van der Waals surface area contributed by atoms with E-state index in [1.807, 2.05) is 24.5 Å². The Bertz CT molecular complexity index is 2330. The van der Waals surface area contributed by atoms with Gasteiger partial charge >= 0.3 is 0 Å². The predicted octanol–water partition coefficient (Wildman–Crippen LogP) is 10.6. The first-order valence-electron chi connectivity index (χ1n) is 14.3. The van der Waals surface area contributed by atoms with E-state index in [1.165, 1.54) is 66.4 Å². The third-order valence-corrected chi connectivity index (χ3v) is 8.67. The highest BCUT2D eigenvalue weighted by Crippen LogP contribution is 2.57. The van der Waals surface area contributed by atoms with Crippen LogP contribution in [0.3, 0.4) is 0 Å². The summed E-state index contributed by atoms with van der Waals surface area (Å²) in [6.45, 7) is 0.